The Kier molecular flexibility index (Phi) is 5.84. The molecule has 2 heterocycles. The van der Waals surface area contributed by atoms with E-state index < -0.39 is 5.91 Å². The molecule has 8 nitrogen and oxygen atoms in total. The number of halogens is 2. The van der Waals surface area contributed by atoms with Gasteiger partial charge in [-0.3, -0.25) is 15.4 Å². The number of anilines is 1. The van der Waals surface area contributed by atoms with Gasteiger partial charge in [0, 0.05) is 21.7 Å². The molecule has 0 bridgehead atoms. The van der Waals surface area contributed by atoms with Crippen LogP contribution in [0.1, 0.15) is 5.76 Å². The number of benzene rings is 1. The minimum absolute atomic E-state index is 0.0475. The smallest absolute Gasteiger partial charge is 0.269 e. The van der Waals surface area contributed by atoms with E-state index in [2.05, 4.69) is 26.0 Å². The number of amides is 1. The highest BCUT2D eigenvalue weighted by molar-refractivity contribution is 7.80. The van der Waals surface area contributed by atoms with Gasteiger partial charge in [0.1, 0.15) is 11.5 Å². The van der Waals surface area contributed by atoms with Gasteiger partial charge in [-0.25, -0.2) is 0 Å². The van der Waals surface area contributed by atoms with Crippen LogP contribution in [0, 0.1) is 0 Å². The summed E-state index contributed by atoms with van der Waals surface area (Å²) in [6, 6.07) is 8.57. The molecule has 0 saturated heterocycles. The summed E-state index contributed by atoms with van der Waals surface area (Å²) in [5, 5.41) is 17.4. The summed E-state index contributed by atoms with van der Waals surface area (Å²) < 4.78 is 5.67. The van der Waals surface area contributed by atoms with Crippen LogP contribution in [0.25, 0.3) is 17.4 Å². The summed E-state index contributed by atoms with van der Waals surface area (Å²) in [7, 11) is 1.61. The highest BCUT2D eigenvalue weighted by Gasteiger charge is 2.08. The van der Waals surface area contributed by atoms with E-state index in [1.54, 1.807) is 37.4 Å². The van der Waals surface area contributed by atoms with Crippen molar-refractivity contribution in [3.63, 3.8) is 0 Å². The van der Waals surface area contributed by atoms with Gasteiger partial charge in [0.15, 0.2) is 5.11 Å². The van der Waals surface area contributed by atoms with Crippen molar-refractivity contribution in [2.75, 3.05) is 5.32 Å². The highest BCUT2D eigenvalue weighted by Crippen LogP contribution is 2.28. The molecule has 0 aliphatic carbocycles. The number of rotatable bonds is 4. The van der Waals surface area contributed by atoms with Crippen LogP contribution >= 0.6 is 35.4 Å². The number of thiocarbonyl (C=S) groups is 1. The summed E-state index contributed by atoms with van der Waals surface area (Å²) >= 11 is 17.0. The minimum Gasteiger partial charge on any atom is -0.457 e. The van der Waals surface area contributed by atoms with Gasteiger partial charge in [-0.1, -0.05) is 28.3 Å². The lowest BCUT2D eigenvalue weighted by Crippen LogP contribution is -2.33. The van der Waals surface area contributed by atoms with Gasteiger partial charge < -0.3 is 4.42 Å². The molecule has 11 heteroatoms. The van der Waals surface area contributed by atoms with E-state index in [9.17, 15) is 4.79 Å². The number of carbonyl (C=O) groups excluding carboxylic acids is 1. The maximum Gasteiger partial charge on any atom is 0.269 e. The monoisotopic (exact) mass is 422 g/mol. The second kappa shape index (κ2) is 8.30. The van der Waals surface area contributed by atoms with Gasteiger partial charge in [0.2, 0.25) is 5.91 Å². The van der Waals surface area contributed by atoms with Crippen LogP contribution < -0.4 is 10.6 Å². The zero-order valence-corrected chi connectivity index (χ0v) is 16.1. The maximum absolute atomic E-state index is 11.9. The van der Waals surface area contributed by atoms with Crippen molar-refractivity contribution >= 4 is 58.5 Å². The summed E-state index contributed by atoms with van der Waals surface area (Å²) in [5.41, 5.74) is 0.735. The lowest BCUT2D eigenvalue weighted by Gasteiger charge is -2.03. The van der Waals surface area contributed by atoms with Crippen molar-refractivity contribution < 1.29 is 9.21 Å². The van der Waals surface area contributed by atoms with Crippen LogP contribution in [-0.4, -0.2) is 31.2 Å². The van der Waals surface area contributed by atoms with Crippen molar-refractivity contribution in [1.82, 2.24) is 25.5 Å². The molecule has 0 aliphatic rings. The molecule has 138 valence electrons. The van der Waals surface area contributed by atoms with Crippen LogP contribution in [0.2, 0.25) is 10.0 Å². The van der Waals surface area contributed by atoms with Gasteiger partial charge in [0.05, 0.1) is 7.05 Å². The molecule has 0 radical (unpaired) electrons. The Morgan fingerprint density at radius 1 is 1.26 bits per heavy atom. The molecule has 0 atom stereocenters. The lowest BCUT2D eigenvalue weighted by atomic mass is 10.2. The van der Waals surface area contributed by atoms with Crippen molar-refractivity contribution in [2.24, 2.45) is 7.05 Å². The number of furan rings is 1. The molecule has 27 heavy (non-hydrogen) atoms. The van der Waals surface area contributed by atoms with E-state index in [1.165, 1.54) is 16.9 Å². The van der Waals surface area contributed by atoms with E-state index in [-0.39, 0.29) is 11.1 Å². The topological polar surface area (TPSA) is 97.9 Å². The fraction of sp³-hybridized carbons (Fsp3) is 0.0625. The predicted molar refractivity (Wildman–Crippen MR) is 106 cm³/mol. The van der Waals surface area contributed by atoms with Crippen molar-refractivity contribution in [2.45, 2.75) is 0 Å². The fourth-order valence-electron chi connectivity index (χ4n) is 2.07. The van der Waals surface area contributed by atoms with Gasteiger partial charge >= 0.3 is 0 Å². The van der Waals surface area contributed by atoms with Crippen molar-refractivity contribution in [1.29, 1.82) is 0 Å². The number of hydrogen-bond donors (Lipinski definition) is 2. The molecular weight excluding hydrogens is 411 g/mol. The largest absolute Gasteiger partial charge is 0.457 e. The quantitative estimate of drug-likeness (QED) is 0.491. The number of aromatic nitrogens is 4. The Labute approximate surface area is 169 Å². The summed E-state index contributed by atoms with van der Waals surface area (Å²) in [4.78, 5) is 13.2. The maximum atomic E-state index is 11.9. The number of nitrogens with one attached hydrogen (secondary N) is 2. The van der Waals surface area contributed by atoms with Crippen LogP contribution in [0.4, 0.5) is 5.95 Å². The van der Waals surface area contributed by atoms with Gasteiger partial charge in [0.25, 0.3) is 5.95 Å². The predicted octanol–water partition coefficient (Wildman–Crippen LogP) is 3.30. The Morgan fingerprint density at radius 2 is 2.00 bits per heavy atom. The zero-order valence-electron chi connectivity index (χ0n) is 13.8. The average Bonchev–Trinajstić information content (AvgIpc) is 3.21. The molecular formula is C16H12Cl2N6O2S. The second-order valence-corrected chi connectivity index (χ2v) is 6.52. The van der Waals surface area contributed by atoms with Crippen molar-refractivity contribution in [3.8, 4) is 11.3 Å². The SMILES string of the molecule is Cn1nnc(NC(=S)NC(=O)/C=C/c2ccc(-c3cc(Cl)cc(Cl)c3)o2)n1. The standard InChI is InChI=1S/C16H12Cl2N6O2S/c1-24-22-15(21-23-24)20-16(27)19-14(25)5-3-12-2-4-13(26-12)9-6-10(17)8-11(18)7-9/h2-8H,1H3,(H2,19,20,22,25,27)/b5-3+. The van der Waals surface area contributed by atoms with Gasteiger partial charge in [-0.05, 0) is 53.8 Å². The van der Waals surface area contributed by atoms with Crippen LogP contribution in [0.15, 0.2) is 40.8 Å². The van der Waals surface area contributed by atoms with Gasteiger partial charge in [-0.2, -0.15) is 4.80 Å². The molecule has 3 rings (SSSR count). The van der Waals surface area contributed by atoms with Crippen molar-refractivity contribution in [3.05, 3.63) is 52.2 Å². The normalized spacial score (nSPS) is 10.9. The first-order valence-corrected chi connectivity index (χ1v) is 8.66. The van der Waals surface area contributed by atoms with E-state index in [4.69, 9.17) is 39.8 Å². The molecule has 1 aromatic carbocycles. The molecule has 0 aliphatic heterocycles. The third-order valence-electron chi connectivity index (χ3n) is 3.14. The Bertz CT molecular complexity index is 1010. The Balaban J connectivity index is 1.60. The number of tetrazole rings is 1. The van der Waals surface area contributed by atoms with Crippen LogP contribution in [-0.2, 0) is 11.8 Å². The molecule has 1 amide bonds. The van der Waals surface area contributed by atoms with E-state index in [0.29, 0.717) is 21.6 Å². The molecule has 2 N–H and O–H groups in total. The molecule has 0 spiro atoms. The van der Waals surface area contributed by atoms with E-state index >= 15 is 0 Å². The number of nitrogens with zero attached hydrogens (tertiary/aromatic N) is 4. The van der Waals surface area contributed by atoms with E-state index in [0.717, 1.165) is 5.56 Å². The second-order valence-electron chi connectivity index (χ2n) is 5.24. The van der Waals surface area contributed by atoms with E-state index in [1.807, 2.05) is 0 Å². The first-order valence-electron chi connectivity index (χ1n) is 7.49. The zero-order chi connectivity index (χ0) is 19.4. The average molecular weight is 423 g/mol. The molecule has 0 unspecified atom stereocenters. The molecule has 0 saturated carbocycles. The Hall–Kier alpha value is -2.75. The number of carbonyl (C=O) groups is 1. The third-order valence-corrected chi connectivity index (χ3v) is 3.78. The lowest BCUT2D eigenvalue weighted by molar-refractivity contribution is -0.115. The van der Waals surface area contributed by atoms with Crippen LogP contribution in [0.3, 0.4) is 0 Å². The first-order chi connectivity index (χ1) is 12.9. The summed E-state index contributed by atoms with van der Waals surface area (Å²) in [5.74, 6) is 0.791. The number of hydrogen-bond acceptors (Lipinski definition) is 6. The summed E-state index contributed by atoms with van der Waals surface area (Å²) in [6.45, 7) is 0. The minimum atomic E-state index is -0.444. The molecule has 0 fully saturated rings. The Morgan fingerprint density at radius 3 is 2.67 bits per heavy atom. The molecule has 3 aromatic rings. The first kappa shape index (κ1) is 19.0. The number of aryl methyl sites for hydroxylation is 1. The fourth-order valence-corrected chi connectivity index (χ4v) is 2.79. The summed E-state index contributed by atoms with van der Waals surface area (Å²) in [6.07, 6.45) is 2.79. The highest BCUT2D eigenvalue weighted by atomic mass is 35.5. The van der Waals surface area contributed by atoms with Gasteiger partial charge in [-0.15, -0.1) is 5.10 Å². The third kappa shape index (κ3) is 5.36. The van der Waals surface area contributed by atoms with Crippen LogP contribution in [0.5, 0.6) is 0 Å². The molecule has 2 aromatic heterocycles.